The number of nitrogens with zero attached hydrogens (tertiary/aromatic N) is 5. The molecule has 0 radical (unpaired) electrons. The van der Waals surface area contributed by atoms with Crippen molar-refractivity contribution < 1.29 is 44.7 Å². The molecule has 0 saturated carbocycles. The lowest BCUT2D eigenvalue weighted by Crippen LogP contribution is -2.36. The van der Waals surface area contributed by atoms with Gasteiger partial charge < -0.3 is 4.74 Å². The van der Waals surface area contributed by atoms with Crippen molar-refractivity contribution in [3.05, 3.63) is 46.2 Å². The van der Waals surface area contributed by atoms with Crippen molar-refractivity contribution in [3.63, 3.8) is 0 Å². The second-order valence-corrected chi connectivity index (χ2v) is 6.88. The van der Waals surface area contributed by atoms with Gasteiger partial charge in [-0.1, -0.05) is 36.7 Å². The third kappa shape index (κ3) is 5.23. The summed E-state index contributed by atoms with van der Waals surface area (Å²) in [6.45, 7) is 4.00. The summed E-state index contributed by atoms with van der Waals surface area (Å²) in [6, 6.07) is 3.76. The number of carbonyl (C=O) groups is 1. The van der Waals surface area contributed by atoms with Crippen LogP contribution in [0.4, 0.5) is 35.1 Å². The minimum absolute atomic E-state index is 0.0111. The van der Waals surface area contributed by atoms with E-state index in [1.807, 2.05) is 13.8 Å². The molecular weight excluding hydrogens is 518 g/mol. The van der Waals surface area contributed by atoms with E-state index in [0.29, 0.717) is 4.68 Å². The average molecular weight is 534 g/mol. The fraction of sp³-hybridized carbons (Fsp3) is 0.368. The number of alkyl halides is 8. The molecule has 1 aromatic carbocycles. The summed E-state index contributed by atoms with van der Waals surface area (Å²) in [5.74, 6) is -7.97. The van der Waals surface area contributed by atoms with Crippen LogP contribution in [0.3, 0.4) is 0 Å². The summed E-state index contributed by atoms with van der Waals surface area (Å²) >= 11 is 5.89. The van der Waals surface area contributed by atoms with Crippen molar-refractivity contribution in [1.82, 2.24) is 24.8 Å². The SMILES string of the molecule is CC.COC(=O)c1cc(-c2cn(-c3c(C(F)(F)F)c(C(F)(F)C(F)(F)F)nn3C)nn2)ccc1Cl. The van der Waals surface area contributed by atoms with E-state index in [2.05, 4.69) is 20.1 Å². The summed E-state index contributed by atoms with van der Waals surface area (Å²) in [4.78, 5) is 11.8. The van der Waals surface area contributed by atoms with Gasteiger partial charge in [-0.25, -0.2) is 14.2 Å². The molecule has 0 aliphatic heterocycles. The number of aryl methyl sites for hydroxylation is 1. The Balaban J connectivity index is 0.00000210. The Hall–Kier alpha value is -3.23. The molecule has 3 rings (SSSR count). The van der Waals surface area contributed by atoms with Crippen LogP contribution in [0.2, 0.25) is 5.02 Å². The molecule has 2 aromatic heterocycles. The second-order valence-electron chi connectivity index (χ2n) is 6.48. The molecule has 0 N–H and O–H groups in total. The van der Waals surface area contributed by atoms with Gasteiger partial charge in [-0.15, -0.1) is 5.10 Å². The first-order valence-electron chi connectivity index (χ1n) is 9.49. The summed E-state index contributed by atoms with van der Waals surface area (Å²) in [5, 5.41) is 9.79. The maximum absolute atomic E-state index is 13.8. The van der Waals surface area contributed by atoms with Crippen LogP contribution in [-0.2, 0) is 23.9 Å². The van der Waals surface area contributed by atoms with Crippen LogP contribution >= 0.6 is 11.6 Å². The Labute approximate surface area is 197 Å². The van der Waals surface area contributed by atoms with Crippen LogP contribution < -0.4 is 0 Å². The highest BCUT2D eigenvalue weighted by Gasteiger charge is 2.64. The normalized spacial score (nSPS) is 12.3. The molecule has 0 aliphatic rings. The predicted octanol–water partition coefficient (Wildman–Crippen LogP) is 5.81. The fourth-order valence-electron chi connectivity index (χ4n) is 2.84. The van der Waals surface area contributed by atoms with Crippen molar-refractivity contribution in [2.24, 2.45) is 7.05 Å². The van der Waals surface area contributed by atoms with Crippen molar-refractivity contribution in [2.75, 3.05) is 7.11 Å². The van der Waals surface area contributed by atoms with E-state index >= 15 is 0 Å². The zero-order valence-corrected chi connectivity index (χ0v) is 19.0. The number of halogens is 9. The number of ether oxygens (including phenoxy) is 1. The third-order valence-electron chi connectivity index (χ3n) is 4.33. The Morgan fingerprint density at radius 2 is 1.66 bits per heavy atom. The van der Waals surface area contributed by atoms with Gasteiger partial charge in [0, 0.05) is 12.6 Å². The monoisotopic (exact) mass is 533 g/mol. The number of benzene rings is 1. The number of hydrogen-bond acceptors (Lipinski definition) is 5. The zero-order chi connectivity index (χ0) is 26.9. The predicted molar refractivity (Wildman–Crippen MR) is 106 cm³/mol. The molecule has 3 aromatic rings. The van der Waals surface area contributed by atoms with Gasteiger partial charge in [0.05, 0.1) is 23.9 Å². The Bertz CT molecular complexity index is 1220. The van der Waals surface area contributed by atoms with E-state index in [4.69, 9.17) is 11.6 Å². The topological polar surface area (TPSA) is 74.8 Å². The molecule has 35 heavy (non-hydrogen) atoms. The maximum Gasteiger partial charge on any atom is 0.459 e. The molecule has 0 unspecified atom stereocenters. The Morgan fingerprint density at radius 1 is 1.06 bits per heavy atom. The molecule has 0 spiro atoms. The number of esters is 1. The molecule has 0 atom stereocenters. The molecule has 0 amide bonds. The smallest absolute Gasteiger partial charge is 0.459 e. The van der Waals surface area contributed by atoms with Gasteiger partial charge in [0.1, 0.15) is 11.3 Å². The van der Waals surface area contributed by atoms with E-state index in [0.717, 1.165) is 20.4 Å². The summed E-state index contributed by atoms with van der Waals surface area (Å²) < 4.78 is 112. The molecule has 16 heteroatoms. The van der Waals surface area contributed by atoms with Crippen molar-refractivity contribution in [1.29, 1.82) is 0 Å². The molecule has 0 saturated heterocycles. The number of aromatic nitrogens is 5. The maximum atomic E-state index is 13.8. The molecule has 7 nitrogen and oxygen atoms in total. The van der Waals surface area contributed by atoms with Crippen LogP contribution in [0.1, 0.15) is 35.5 Å². The molecule has 192 valence electrons. The van der Waals surface area contributed by atoms with E-state index < -0.39 is 41.3 Å². The highest BCUT2D eigenvalue weighted by molar-refractivity contribution is 6.33. The lowest BCUT2D eigenvalue weighted by Gasteiger charge is -2.19. The number of rotatable bonds is 4. The minimum atomic E-state index is -6.33. The fourth-order valence-corrected chi connectivity index (χ4v) is 3.04. The number of carbonyl (C=O) groups excluding carboxylic acids is 1. The summed E-state index contributed by atoms with van der Waals surface area (Å²) in [5.41, 5.74) is -5.03. The highest BCUT2D eigenvalue weighted by atomic mass is 35.5. The average Bonchev–Trinajstić information content (AvgIpc) is 3.38. The molecular formula is C19H16ClF8N5O2. The van der Waals surface area contributed by atoms with Crippen LogP contribution in [-0.4, -0.2) is 44.0 Å². The van der Waals surface area contributed by atoms with Crippen molar-refractivity contribution in [2.45, 2.75) is 32.1 Å². The molecule has 2 heterocycles. The molecule has 0 aliphatic carbocycles. The van der Waals surface area contributed by atoms with Crippen LogP contribution in [0, 0.1) is 0 Å². The lowest BCUT2D eigenvalue weighted by molar-refractivity contribution is -0.292. The van der Waals surface area contributed by atoms with Crippen LogP contribution in [0.25, 0.3) is 17.1 Å². The minimum Gasteiger partial charge on any atom is -0.465 e. The van der Waals surface area contributed by atoms with Gasteiger partial charge >= 0.3 is 24.2 Å². The number of methoxy groups -OCH3 is 1. The molecule has 0 fully saturated rings. The Kier molecular flexibility index (Phi) is 7.84. The first kappa shape index (κ1) is 28.0. The van der Waals surface area contributed by atoms with Gasteiger partial charge in [-0.05, 0) is 12.1 Å². The zero-order valence-electron chi connectivity index (χ0n) is 18.3. The standard InChI is InChI=1S/C17H10ClF8N5O2.C2H6/c1-30-13(11(16(21,22)23)12(28-30)15(19,20)17(24,25)26)31-6-10(27-29-31)7-3-4-9(18)8(5-7)14(32)33-2;1-2/h3-6H,1-2H3;1-2H3. The second kappa shape index (κ2) is 9.79. The van der Waals surface area contributed by atoms with E-state index in [-0.39, 0.29) is 26.5 Å². The third-order valence-corrected chi connectivity index (χ3v) is 4.66. The number of hydrogen-bond donors (Lipinski definition) is 0. The summed E-state index contributed by atoms with van der Waals surface area (Å²) in [6.07, 6.45) is -11.2. The lowest BCUT2D eigenvalue weighted by atomic mass is 10.1. The van der Waals surface area contributed by atoms with E-state index in [9.17, 15) is 39.9 Å². The first-order valence-corrected chi connectivity index (χ1v) is 9.87. The van der Waals surface area contributed by atoms with Crippen LogP contribution in [0.5, 0.6) is 0 Å². The van der Waals surface area contributed by atoms with E-state index in [1.165, 1.54) is 18.2 Å². The van der Waals surface area contributed by atoms with Gasteiger partial charge in [0.15, 0.2) is 11.5 Å². The van der Waals surface area contributed by atoms with Gasteiger partial charge in [0.25, 0.3) is 0 Å². The van der Waals surface area contributed by atoms with E-state index in [1.54, 1.807) is 0 Å². The quantitative estimate of drug-likeness (QED) is 0.313. The van der Waals surface area contributed by atoms with Crippen molar-refractivity contribution in [3.8, 4) is 17.1 Å². The van der Waals surface area contributed by atoms with Crippen molar-refractivity contribution >= 4 is 17.6 Å². The van der Waals surface area contributed by atoms with Gasteiger partial charge in [0.2, 0.25) is 0 Å². The largest absolute Gasteiger partial charge is 0.465 e. The van der Waals surface area contributed by atoms with Gasteiger partial charge in [-0.2, -0.15) is 40.2 Å². The highest BCUT2D eigenvalue weighted by Crippen LogP contribution is 2.49. The van der Waals surface area contributed by atoms with Crippen LogP contribution in [0.15, 0.2) is 24.4 Å². The first-order chi connectivity index (χ1) is 16.1. The molecule has 0 bridgehead atoms. The van der Waals surface area contributed by atoms with Gasteiger partial charge in [-0.3, -0.25) is 0 Å². The Morgan fingerprint density at radius 3 is 2.17 bits per heavy atom. The summed E-state index contributed by atoms with van der Waals surface area (Å²) in [7, 11) is 1.82.